The molecule has 1 saturated carbocycles. The van der Waals surface area contributed by atoms with Crippen molar-refractivity contribution >= 4 is 11.8 Å². The van der Waals surface area contributed by atoms with Gasteiger partial charge in [0, 0.05) is 11.3 Å². The smallest absolute Gasteiger partial charge is 0.223 e. The summed E-state index contributed by atoms with van der Waals surface area (Å²) < 4.78 is 0. The third-order valence-corrected chi connectivity index (χ3v) is 2.98. The minimum Gasteiger partial charge on any atom is -0.369 e. The van der Waals surface area contributed by atoms with Gasteiger partial charge < -0.3 is 11.5 Å². The highest BCUT2D eigenvalue weighted by atomic mass is 16.2. The number of rotatable bonds is 2. The lowest BCUT2D eigenvalue weighted by atomic mass is 9.70. The summed E-state index contributed by atoms with van der Waals surface area (Å²) in [6.07, 6.45) is 2.93. The van der Waals surface area contributed by atoms with Crippen LogP contribution in [-0.2, 0) is 9.59 Å². The van der Waals surface area contributed by atoms with Gasteiger partial charge in [-0.2, -0.15) is 0 Å². The molecule has 0 bridgehead atoms. The molecule has 0 aromatic rings. The first kappa shape index (κ1) is 10.0. The molecule has 0 aliphatic heterocycles. The van der Waals surface area contributed by atoms with Gasteiger partial charge in [-0.1, -0.05) is 13.3 Å². The lowest BCUT2D eigenvalue weighted by Gasteiger charge is -2.34. The third-order valence-electron chi connectivity index (χ3n) is 2.98. The van der Waals surface area contributed by atoms with Crippen LogP contribution in [0.5, 0.6) is 0 Å². The predicted octanol–water partition coefficient (Wildman–Crippen LogP) is 0.153. The topological polar surface area (TPSA) is 86.2 Å². The molecule has 4 heteroatoms. The van der Waals surface area contributed by atoms with E-state index in [1.807, 2.05) is 6.92 Å². The maximum absolute atomic E-state index is 11.1. The highest BCUT2D eigenvalue weighted by molar-refractivity contribution is 5.83. The lowest BCUT2D eigenvalue weighted by Crippen LogP contribution is -2.41. The fourth-order valence-electron chi connectivity index (χ4n) is 1.95. The van der Waals surface area contributed by atoms with Crippen LogP contribution in [0, 0.1) is 11.3 Å². The number of carbonyl (C=O) groups excluding carboxylic acids is 2. The summed E-state index contributed by atoms with van der Waals surface area (Å²) >= 11 is 0. The fourth-order valence-corrected chi connectivity index (χ4v) is 1.95. The zero-order valence-electron chi connectivity index (χ0n) is 7.88. The Kier molecular flexibility index (Phi) is 2.59. The molecule has 1 aliphatic rings. The van der Waals surface area contributed by atoms with Crippen LogP contribution in [0.2, 0.25) is 0 Å². The molecule has 74 valence electrons. The second-order valence-corrected chi connectivity index (χ2v) is 4.12. The Morgan fingerprint density at radius 3 is 2.46 bits per heavy atom. The summed E-state index contributed by atoms with van der Waals surface area (Å²) in [4.78, 5) is 22.0. The Morgan fingerprint density at radius 2 is 2.00 bits per heavy atom. The number of nitrogens with two attached hydrogens (primary N) is 2. The Hall–Kier alpha value is -1.06. The standard InChI is InChI=1S/C9H16N2O2/c1-9(8(11)13)4-2-3-6(5-9)7(10)12/h6H,2-5H2,1H3,(H2,10,12)(H2,11,13). The van der Waals surface area contributed by atoms with Gasteiger partial charge in [0.2, 0.25) is 11.8 Å². The van der Waals surface area contributed by atoms with Crippen LogP contribution in [0.1, 0.15) is 32.6 Å². The first-order valence-corrected chi connectivity index (χ1v) is 4.55. The quantitative estimate of drug-likeness (QED) is 0.640. The number of hydrogen-bond donors (Lipinski definition) is 2. The number of amides is 2. The molecule has 4 nitrogen and oxygen atoms in total. The molecule has 1 fully saturated rings. The van der Waals surface area contributed by atoms with E-state index in [1.54, 1.807) is 0 Å². The van der Waals surface area contributed by atoms with Crippen LogP contribution in [-0.4, -0.2) is 11.8 Å². The van der Waals surface area contributed by atoms with Crippen LogP contribution in [0.3, 0.4) is 0 Å². The SMILES string of the molecule is CC1(C(N)=O)CCCC(C(N)=O)C1. The van der Waals surface area contributed by atoms with Crippen molar-refractivity contribution in [3.05, 3.63) is 0 Å². The molecule has 0 aromatic heterocycles. The highest BCUT2D eigenvalue weighted by Gasteiger charge is 2.38. The van der Waals surface area contributed by atoms with Crippen molar-refractivity contribution in [1.82, 2.24) is 0 Å². The molecule has 1 rings (SSSR count). The Morgan fingerprint density at radius 1 is 1.38 bits per heavy atom. The van der Waals surface area contributed by atoms with Crippen molar-refractivity contribution in [1.29, 1.82) is 0 Å². The van der Waals surface area contributed by atoms with E-state index in [0.717, 1.165) is 19.3 Å². The zero-order valence-corrected chi connectivity index (χ0v) is 7.88. The maximum atomic E-state index is 11.1. The first-order valence-electron chi connectivity index (χ1n) is 4.55. The second-order valence-electron chi connectivity index (χ2n) is 4.12. The van der Waals surface area contributed by atoms with Gasteiger partial charge in [0.05, 0.1) is 0 Å². The molecular formula is C9H16N2O2. The van der Waals surface area contributed by atoms with Gasteiger partial charge in [-0.25, -0.2) is 0 Å². The number of hydrogen-bond acceptors (Lipinski definition) is 2. The maximum Gasteiger partial charge on any atom is 0.223 e. The van der Waals surface area contributed by atoms with Crippen LogP contribution >= 0.6 is 0 Å². The van der Waals surface area contributed by atoms with Crippen molar-refractivity contribution in [2.24, 2.45) is 22.8 Å². The van der Waals surface area contributed by atoms with Crippen molar-refractivity contribution in [3.63, 3.8) is 0 Å². The normalized spacial score (nSPS) is 34.1. The van der Waals surface area contributed by atoms with E-state index in [-0.39, 0.29) is 17.7 Å². The highest BCUT2D eigenvalue weighted by Crippen LogP contribution is 2.38. The molecule has 0 heterocycles. The average Bonchev–Trinajstić information content (AvgIpc) is 2.04. The van der Waals surface area contributed by atoms with E-state index in [4.69, 9.17) is 11.5 Å². The van der Waals surface area contributed by atoms with E-state index in [1.165, 1.54) is 0 Å². The van der Waals surface area contributed by atoms with Crippen molar-refractivity contribution in [2.45, 2.75) is 32.6 Å². The fraction of sp³-hybridized carbons (Fsp3) is 0.778. The van der Waals surface area contributed by atoms with E-state index in [2.05, 4.69) is 0 Å². The molecule has 13 heavy (non-hydrogen) atoms. The molecule has 0 aromatic carbocycles. The molecule has 0 saturated heterocycles. The van der Waals surface area contributed by atoms with Gasteiger partial charge in [-0.3, -0.25) is 9.59 Å². The summed E-state index contributed by atoms with van der Waals surface area (Å²) in [5.41, 5.74) is 9.94. The third kappa shape index (κ3) is 1.99. The zero-order chi connectivity index (χ0) is 10.1. The molecule has 0 radical (unpaired) electrons. The Balaban J connectivity index is 2.71. The van der Waals surface area contributed by atoms with Crippen LogP contribution in [0.15, 0.2) is 0 Å². The molecule has 4 N–H and O–H groups in total. The molecule has 2 amide bonds. The largest absolute Gasteiger partial charge is 0.369 e. The van der Waals surface area contributed by atoms with E-state index >= 15 is 0 Å². The van der Waals surface area contributed by atoms with Crippen LogP contribution in [0.25, 0.3) is 0 Å². The summed E-state index contributed by atoms with van der Waals surface area (Å²) in [6.45, 7) is 1.81. The van der Waals surface area contributed by atoms with Gasteiger partial charge in [0.1, 0.15) is 0 Å². The van der Waals surface area contributed by atoms with Crippen molar-refractivity contribution in [3.8, 4) is 0 Å². The minimum atomic E-state index is -0.530. The summed E-state index contributed by atoms with van der Waals surface area (Å²) in [5.74, 6) is -0.808. The van der Waals surface area contributed by atoms with E-state index < -0.39 is 5.41 Å². The summed E-state index contributed by atoms with van der Waals surface area (Å²) in [5, 5.41) is 0. The van der Waals surface area contributed by atoms with Crippen molar-refractivity contribution < 1.29 is 9.59 Å². The Bertz CT molecular complexity index is 240. The summed E-state index contributed by atoms with van der Waals surface area (Å²) in [7, 11) is 0. The van der Waals surface area contributed by atoms with Crippen molar-refractivity contribution in [2.75, 3.05) is 0 Å². The molecular weight excluding hydrogens is 168 g/mol. The molecule has 2 unspecified atom stereocenters. The lowest BCUT2D eigenvalue weighted by molar-refractivity contribution is -0.132. The molecule has 1 aliphatic carbocycles. The molecule has 0 spiro atoms. The van der Waals surface area contributed by atoms with E-state index in [0.29, 0.717) is 6.42 Å². The van der Waals surface area contributed by atoms with Crippen LogP contribution < -0.4 is 11.5 Å². The number of carbonyl (C=O) groups is 2. The van der Waals surface area contributed by atoms with Gasteiger partial charge in [0.15, 0.2) is 0 Å². The monoisotopic (exact) mass is 184 g/mol. The van der Waals surface area contributed by atoms with Gasteiger partial charge in [-0.05, 0) is 19.3 Å². The molecule has 2 atom stereocenters. The summed E-state index contributed by atoms with van der Waals surface area (Å²) in [6, 6.07) is 0. The second kappa shape index (κ2) is 3.36. The van der Waals surface area contributed by atoms with E-state index in [9.17, 15) is 9.59 Å². The minimum absolute atomic E-state index is 0.175. The van der Waals surface area contributed by atoms with Gasteiger partial charge in [-0.15, -0.1) is 0 Å². The Labute approximate surface area is 77.7 Å². The van der Waals surface area contributed by atoms with Gasteiger partial charge >= 0.3 is 0 Å². The van der Waals surface area contributed by atoms with Gasteiger partial charge in [0.25, 0.3) is 0 Å². The predicted molar refractivity (Wildman–Crippen MR) is 48.5 cm³/mol. The number of primary amides is 2. The average molecular weight is 184 g/mol. The first-order chi connectivity index (χ1) is 5.96. The van der Waals surface area contributed by atoms with Crippen LogP contribution in [0.4, 0.5) is 0 Å².